The van der Waals surface area contributed by atoms with Crippen LogP contribution in [-0.2, 0) is 0 Å². The van der Waals surface area contributed by atoms with Gasteiger partial charge < -0.3 is 9.13 Å². The summed E-state index contributed by atoms with van der Waals surface area (Å²) in [7, 11) is 0. The molecular formula is C70H36N10. The molecule has 0 atom stereocenters. The molecule has 80 heavy (non-hydrogen) atoms. The smallest absolute Gasteiger partial charge is 0.160 e. The van der Waals surface area contributed by atoms with E-state index < -0.39 is 0 Å². The molecule has 3 heterocycles. The average molecular weight is 1020 g/mol. The molecule has 0 saturated carbocycles. The van der Waals surface area contributed by atoms with Crippen molar-refractivity contribution in [2.75, 3.05) is 0 Å². The molecule has 0 fully saturated rings. The molecule has 0 unspecified atom stereocenters. The molecule has 0 saturated heterocycles. The second kappa shape index (κ2) is 19.5. The molecule has 0 spiro atoms. The molecule has 13 aromatic rings. The highest BCUT2D eigenvalue weighted by atomic mass is 15.0. The Morgan fingerprint density at radius 3 is 1.15 bits per heavy atom. The maximum atomic E-state index is 10.4. The third-order valence-electron chi connectivity index (χ3n) is 14.7. The average Bonchev–Trinajstić information content (AvgIpc) is 4.07. The zero-order valence-corrected chi connectivity index (χ0v) is 42.3. The van der Waals surface area contributed by atoms with Crippen LogP contribution in [0.5, 0.6) is 0 Å². The van der Waals surface area contributed by atoms with Gasteiger partial charge in [-0.3, -0.25) is 0 Å². The van der Waals surface area contributed by atoms with Crippen LogP contribution < -0.4 is 0 Å². The predicted octanol–water partition coefficient (Wildman–Crippen LogP) is 15.9. The third kappa shape index (κ3) is 7.84. The number of hydrogen-bond donors (Lipinski definition) is 0. The summed E-state index contributed by atoms with van der Waals surface area (Å²) < 4.78 is 4.51. The highest BCUT2D eigenvalue weighted by Crippen LogP contribution is 2.44. The van der Waals surface area contributed by atoms with Gasteiger partial charge >= 0.3 is 0 Å². The van der Waals surface area contributed by atoms with Gasteiger partial charge in [0.2, 0.25) is 0 Å². The summed E-state index contributed by atoms with van der Waals surface area (Å²) in [6.07, 6.45) is 0. The summed E-state index contributed by atoms with van der Waals surface area (Å²) in [5.74, 6) is 0.534. The van der Waals surface area contributed by atoms with Crippen molar-refractivity contribution in [1.82, 2.24) is 19.1 Å². The number of para-hydroxylation sites is 3. The number of nitrogens with zero attached hydrogens (tertiary/aromatic N) is 10. The molecule has 3 aromatic heterocycles. The maximum Gasteiger partial charge on any atom is 0.160 e. The Bertz CT molecular complexity index is 4900. The van der Waals surface area contributed by atoms with E-state index in [1.54, 1.807) is 0 Å². The quantitative estimate of drug-likeness (QED) is 0.144. The molecule has 0 amide bonds. The Labute approximate surface area is 458 Å². The van der Waals surface area contributed by atoms with E-state index in [0.717, 1.165) is 94.2 Å². The number of hydrogen-bond acceptors (Lipinski definition) is 8. The van der Waals surface area contributed by atoms with Gasteiger partial charge in [-0.2, -0.15) is 31.6 Å². The van der Waals surface area contributed by atoms with Gasteiger partial charge in [0.25, 0.3) is 0 Å². The highest BCUT2D eigenvalue weighted by molar-refractivity contribution is 6.13. The molecular weight excluding hydrogens is 981 g/mol. The van der Waals surface area contributed by atoms with Crippen LogP contribution in [-0.4, -0.2) is 19.1 Å². The molecule has 0 aliphatic rings. The molecule has 10 nitrogen and oxygen atoms in total. The fraction of sp³-hybridized carbons (Fsp3) is 0. The van der Waals surface area contributed by atoms with Gasteiger partial charge in [0, 0.05) is 60.5 Å². The number of benzene rings is 10. The van der Waals surface area contributed by atoms with Gasteiger partial charge in [0.1, 0.15) is 0 Å². The van der Waals surface area contributed by atoms with Crippen molar-refractivity contribution in [3.05, 3.63) is 252 Å². The first-order chi connectivity index (χ1) is 39.4. The minimum absolute atomic E-state index is 0.237. The predicted molar refractivity (Wildman–Crippen MR) is 312 cm³/mol. The van der Waals surface area contributed by atoms with Crippen LogP contribution in [0.15, 0.2) is 218 Å². The number of fused-ring (bicyclic) bond motifs is 6. The first kappa shape index (κ1) is 47.5. The van der Waals surface area contributed by atoms with Gasteiger partial charge in [-0.05, 0) is 102 Å². The molecule has 0 radical (unpaired) electrons. The van der Waals surface area contributed by atoms with E-state index in [1.807, 2.05) is 140 Å². The number of rotatable bonds is 8. The SMILES string of the molecule is N#Cc1cc(C#N)c(-c2ccc3c(c2)c2ccccc2n3-c2ccccc2-c2cc(-c3nc(-c4ccccc4)cc(-c4ccccc4)n3)ccc2-n2c3ccccc3c3cc(-c4c(C#N)cc(C#N)cc4C#N)ccc32)c(C#N)c1. The standard InChI is InChI=1S/C70H36N10/c71-37-43-29-50(39-73)68(51(30-43)40-74)47-23-26-65-57(33-47)54-17-7-10-20-62(54)79(65)63-21-11-9-19-56(63)59-35-49(70-77-60(45-13-3-1-4-14-45)36-61(78-70)46-15-5-2-6-16-46)25-28-67(59)80-64-22-12-8-18-55(64)58-34-48(24-27-66(58)80)69-52(41-75)31-44(38-72)32-53(69)42-76/h1-36H. The fourth-order valence-corrected chi connectivity index (χ4v) is 11.2. The molecule has 0 aliphatic carbocycles. The first-order valence-electron chi connectivity index (χ1n) is 25.5. The van der Waals surface area contributed by atoms with Crippen LogP contribution >= 0.6 is 0 Å². The van der Waals surface area contributed by atoms with E-state index in [1.165, 1.54) is 24.3 Å². The van der Waals surface area contributed by atoms with E-state index in [0.29, 0.717) is 28.1 Å². The summed E-state index contributed by atoms with van der Waals surface area (Å²) in [6.45, 7) is 0. The fourth-order valence-electron chi connectivity index (χ4n) is 11.2. The van der Waals surface area contributed by atoms with Gasteiger partial charge in [0.15, 0.2) is 5.82 Å². The van der Waals surface area contributed by atoms with Crippen molar-refractivity contribution in [3.63, 3.8) is 0 Å². The Kier molecular flexibility index (Phi) is 11.6. The minimum Gasteiger partial charge on any atom is -0.309 e. The molecule has 10 heteroatoms. The molecule has 13 rings (SSSR count). The van der Waals surface area contributed by atoms with Crippen LogP contribution in [0.2, 0.25) is 0 Å². The molecule has 10 aromatic carbocycles. The van der Waals surface area contributed by atoms with E-state index in [-0.39, 0.29) is 33.4 Å². The molecule has 0 aliphatic heterocycles. The van der Waals surface area contributed by atoms with Gasteiger partial charge in [-0.25, -0.2) is 9.97 Å². The Balaban J connectivity index is 1.09. The van der Waals surface area contributed by atoms with Gasteiger partial charge in [-0.15, -0.1) is 0 Å². The first-order valence-corrected chi connectivity index (χ1v) is 25.5. The lowest BCUT2D eigenvalue weighted by molar-refractivity contribution is 1.15. The van der Waals surface area contributed by atoms with Crippen LogP contribution in [0, 0.1) is 68.0 Å². The monoisotopic (exact) mass is 1020 g/mol. The summed E-state index contributed by atoms with van der Waals surface area (Å²) in [5, 5.41) is 64.6. The van der Waals surface area contributed by atoms with E-state index in [4.69, 9.17) is 9.97 Å². The van der Waals surface area contributed by atoms with Crippen LogP contribution in [0.4, 0.5) is 0 Å². The molecule has 0 N–H and O–H groups in total. The summed E-state index contributed by atoms with van der Waals surface area (Å²) in [4.78, 5) is 10.6. The molecule has 0 bridgehead atoms. The lowest BCUT2D eigenvalue weighted by Crippen LogP contribution is -2.03. The van der Waals surface area contributed by atoms with E-state index >= 15 is 0 Å². The topological polar surface area (TPSA) is 178 Å². The zero-order valence-electron chi connectivity index (χ0n) is 42.3. The Morgan fingerprint density at radius 1 is 0.287 bits per heavy atom. The Hall–Kier alpha value is -12.2. The highest BCUT2D eigenvalue weighted by Gasteiger charge is 2.24. The van der Waals surface area contributed by atoms with Crippen molar-refractivity contribution in [2.45, 2.75) is 0 Å². The summed E-state index contributed by atoms with van der Waals surface area (Å²) >= 11 is 0. The second-order valence-electron chi connectivity index (χ2n) is 19.2. The van der Waals surface area contributed by atoms with Crippen molar-refractivity contribution >= 4 is 43.6 Å². The second-order valence-corrected chi connectivity index (χ2v) is 19.2. The largest absolute Gasteiger partial charge is 0.309 e. The summed E-state index contributed by atoms with van der Waals surface area (Å²) in [6, 6.07) is 84.4. The van der Waals surface area contributed by atoms with Gasteiger partial charge in [0.05, 0.1) is 115 Å². The van der Waals surface area contributed by atoms with Crippen LogP contribution in [0.1, 0.15) is 33.4 Å². The number of aromatic nitrogens is 4. The Morgan fingerprint density at radius 2 is 0.688 bits per heavy atom. The summed E-state index contributed by atoms with van der Waals surface area (Å²) in [5.41, 5.74) is 15.0. The zero-order chi connectivity index (χ0) is 54.4. The maximum absolute atomic E-state index is 10.4. The lowest BCUT2D eigenvalue weighted by Gasteiger charge is -2.20. The van der Waals surface area contributed by atoms with Crippen LogP contribution in [0.25, 0.3) is 122 Å². The van der Waals surface area contributed by atoms with E-state index in [2.05, 4.69) is 100 Å². The van der Waals surface area contributed by atoms with Gasteiger partial charge in [-0.1, -0.05) is 127 Å². The number of nitriles is 6. The third-order valence-corrected chi connectivity index (χ3v) is 14.7. The minimum atomic E-state index is 0.237. The van der Waals surface area contributed by atoms with E-state index in [9.17, 15) is 31.6 Å². The van der Waals surface area contributed by atoms with Crippen molar-refractivity contribution in [3.8, 4) is 115 Å². The van der Waals surface area contributed by atoms with Crippen molar-refractivity contribution in [2.24, 2.45) is 0 Å². The van der Waals surface area contributed by atoms with Crippen LogP contribution in [0.3, 0.4) is 0 Å². The lowest BCUT2D eigenvalue weighted by atomic mass is 9.92. The molecule has 366 valence electrons. The van der Waals surface area contributed by atoms with Crippen molar-refractivity contribution in [1.29, 1.82) is 31.6 Å². The normalized spacial score (nSPS) is 10.9. The van der Waals surface area contributed by atoms with Crippen molar-refractivity contribution < 1.29 is 0 Å².